The smallest absolute Gasteiger partial charge is 0.0780 e. The maximum atomic E-state index is 2.50. The van der Waals surface area contributed by atoms with Crippen LogP contribution in [0.5, 0.6) is 0 Å². The normalized spacial score (nSPS) is 34.0. The van der Waals surface area contributed by atoms with Crippen molar-refractivity contribution in [3.8, 4) is 0 Å². The Morgan fingerprint density at radius 3 is 1.71 bits per heavy atom. The molecule has 140 valence electrons. The van der Waals surface area contributed by atoms with Gasteiger partial charge in [-0.15, -0.1) is 0 Å². The molecule has 2 aliphatic rings. The minimum absolute atomic E-state index is 0.511. The van der Waals surface area contributed by atoms with E-state index in [0.717, 1.165) is 23.7 Å². The van der Waals surface area contributed by atoms with Crippen LogP contribution in [0.15, 0.2) is 0 Å². The molecule has 2 aliphatic carbocycles. The lowest BCUT2D eigenvalue weighted by atomic mass is 9.67. The molecule has 0 bridgehead atoms. The summed E-state index contributed by atoms with van der Waals surface area (Å²) in [4.78, 5) is 0. The highest BCUT2D eigenvalue weighted by atomic mass is 14.4. The maximum absolute atomic E-state index is 2.50. The van der Waals surface area contributed by atoms with E-state index in [1.165, 1.54) is 96.2 Å². The molecule has 0 heterocycles. The van der Waals surface area contributed by atoms with Crippen molar-refractivity contribution in [3.05, 3.63) is 0 Å². The standard InChI is InChI=1S/C23H45B/c1-23(2,3)22-15-11-7-10-13-20(22)17-16-19-12-8-5-4-6-9-14-21(19)18-24/h19-22H,4-18,24H2,1-3H3. The molecule has 0 saturated heterocycles. The molecule has 24 heavy (non-hydrogen) atoms. The summed E-state index contributed by atoms with van der Waals surface area (Å²) in [5.74, 6) is 4.05. The van der Waals surface area contributed by atoms with Crippen LogP contribution in [0.4, 0.5) is 0 Å². The average molecular weight is 332 g/mol. The molecular weight excluding hydrogens is 287 g/mol. The topological polar surface area (TPSA) is 0 Å². The summed E-state index contributed by atoms with van der Waals surface area (Å²) in [7, 11) is 2.46. The van der Waals surface area contributed by atoms with Gasteiger partial charge in [0, 0.05) is 0 Å². The molecule has 0 spiro atoms. The Balaban J connectivity index is 1.95. The lowest BCUT2D eigenvalue weighted by Crippen LogP contribution is -2.28. The first-order chi connectivity index (χ1) is 11.5. The van der Waals surface area contributed by atoms with Gasteiger partial charge in [-0.1, -0.05) is 97.7 Å². The van der Waals surface area contributed by atoms with Crippen LogP contribution in [-0.2, 0) is 0 Å². The van der Waals surface area contributed by atoms with Gasteiger partial charge in [0.15, 0.2) is 0 Å². The highest BCUT2D eigenvalue weighted by Gasteiger charge is 2.33. The Bertz CT molecular complexity index is 329. The largest absolute Gasteiger partial charge is 0.101 e. The van der Waals surface area contributed by atoms with Crippen molar-refractivity contribution in [1.29, 1.82) is 0 Å². The average Bonchev–Trinajstić information content (AvgIpc) is 2.71. The molecule has 2 saturated carbocycles. The van der Waals surface area contributed by atoms with Crippen LogP contribution in [0.25, 0.3) is 0 Å². The van der Waals surface area contributed by atoms with Crippen LogP contribution in [-0.4, -0.2) is 7.85 Å². The Morgan fingerprint density at radius 1 is 0.625 bits per heavy atom. The molecule has 2 rings (SSSR count). The van der Waals surface area contributed by atoms with Gasteiger partial charge in [-0.3, -0.25) is 0 Å². The van der Waals surface area contributed by atoms with Crippen molar-refractivity contribution in [3.63, 3.8) is 0 Å². The van der Waals surface area contributed by atoms with Gasteiger partial charge in [-0.05, 0) is 48.3 Å². The van der Waals surface area contributed by atoms with E-state index in [9.17, 15) is 0 Å². The van der Waals surface area contributed by atoms with Crippen LogP contribution in [0, 0.1) is 29.1 Å². The van der Waals surface area contributed by atoms with Crippen molar-refractivity contribution in [2.75, 3.05) is 0 Å². The summed E-state index contributed by atoms with van der Waals surface area (Å²) in [5.41, 5.74) is 0.511. The zero-order valence-electron chi connectivity index (χ0n) is 17.4. The van der Waals surface area contributed by atoms with Gasteiger partial charge >= 0.3 is 0 Å². The molecular formula is C23H45B. The van der Waals surface area contributed by atoms with E-state index in [-0.39, 0.29) is 0 Å². The van der Waals surface area contributed by atoms with Gasteiger partial charge in [0.05, 0.1) is 0 Å². The summed E-state index contributed by atoms with van der Waals surface area (Å²) >= 11 is 0. The van der Waals surface area contributed by atoms with Crippen LogP contribution >= 0.6 is 0 Å². The molecule has 0 aromatic carbocycles. The highest BCUT2D eigenvalue weighted by molar-refractivity contribution is 6.08. The lowest BCUT2D eigenvalue weighted by Gasteiger charge is -2.37. The second-order valence-electron chi connectivity index (χ2n) is 10.2. The van der Waals surface area contributed by atoms with Gasteiger partial charge in [-0.2, -0.15) is 0 Å². The van der Waals surface area contributed by atoms with Crippen LogP contribution in [0.3, 0.4) is 0 Å². The first-order valence-electron chi connectivity index (χ1n) is 11.5. The molecule has 0 nitrogen and oxygen atoms in total. The molecule has 0 radical (unpaired) electrons. The molecule has 0 aromatic rings. The van der Waals surface area contributed by atoms with E-state index in [1.807, 2.05) is 0 Å². The number of rotatable bonds is 4. The third kappa shape index (κ3) is 6.42. The Hall–Kier alpha value is 0.0649. The summed E-state index contributed by atoms with van der Waals surface area (Å²) in [6.07, 6.45) is 22.6. The molecule has 0 aliphatic heterocycles. The number of hydrogen-bond acceptors (Lipinski definition) is 0. The Labute approximate surface area is 154 Å². The van der Waals surface area contributed by atoms with E-state index < -0.39 is 0 Å². The maximum Gasteiger partial charge on any atom is 0.101 e. The monoisotopic (exact) mass is 332 g/mol. The summed E-state index contributed by atoms with van der Waals surface area (Å²) < 4.78 is 0. The van der Waals surface area contributed by atoms with E-state index in [4.69, 9.17) is 0 Å². The molecule has 4 unspecified atom stereocenters. The fourth-order valence-corrected chi connectivity index (χ4v) is 6.03. The fourth-order valence-electron chi connectivity index (χ4n) is 6.03. The van der Waals surface area contributed by atoms with Crippen LogP contribution in [0.2, 0.25) is 6.32 Å². The minimum Gasteiger partial charge on any atom is -0.0780 e. The predicted octanol–water partition coefficient (Wildman–Crippen LogP) is 7.04. The quantitative estimate of drug-likeness (QED) is 0.382. The minimum atomic E-state index is 0.511. The summed E-state index contributed by atoms with van der Waals surface area (Å²) in [5, 5.41) is 0. The third-order valence-electron chi connectivity index (χ3n) is 7.52. The van der Waals surface area contributed by atoms with Crippen molar-refractivity contribution < 1.29 is 0 Å². The van der Waals surface area contributed by atoms with Crippen molar-refractivity contribution in [2.24, 2.45) is 29.1 Å². The molecule has 0 amide bonds. The lowest BCUT2D eigenvalue weighted by molar-refractivity contribution is 0.128. The molecule has 1 heteroatoms. The van der Waals surface area contributed by atoms with E-state index in [2.05, 4.69) is 28.6 Å². The van der Waals surface area contributed by atoms with Gasteiger partial charge < -0.3 is 0 Å². The third-order valence-corrected chi connectivity index (χ3v) is 7.52. The van der Waals surface area contributed by atoms with Crippen molar-refractivity contribution >= 4 is 7.85 Å². The SMILES string of the molecule is BCC1CCCCCCCC1CCC1CCCCCC1C(C)(C)C. The molecule has 0 aromatic heterocycles. The Morgan fingerprint density at radius 2 is 1.08 bits per heavy atom. The highest BCUT2D eigenvalue weighted by Crippen LogP contribution is 2.44. The zero-order chi connectivity index (χ0) is 17.4. The Kier molecular flexibility index (Phi) is 8.72. The zero-order valence-corrected chi connectivity index (χ0v) is 17.4. The van der Waals surface area contributed by atoms with Crippen LogP contribution < -0.4 is 0 Å². The van der Waals surface area contributed by atoms with E-state index in [0.29, 0.717) is 5.41 Å². The van der Waals surface area contributed by atoms with Gasteiger partial charge in [-0.25, -0.2) is 0 Å². The van der Waals surface area contributed by atoms with Crippen molar-refractivity contribution in [2.45, 2.75) is 117 Å². The molecule has 4 atom stereocenters. The number of hydrogen-bond donors (Lipinski definition) is 0. The first-order valence-corrected chi connectivity index (χ1v) is 11.5. The summed E-state index contributed by atoms with van der Waals surface area (Å²) in [6.45, 7) is 7.51. The van der Waals surface area contributed by atoms with Gasteiger partial charge in [0.25, 0.3) is 0 Å². The summed E-state index contributed by atoms with van der Waals surface area (Å²) in [6, 6.07) is 0. The van der Waals surface area contributed by atoms with E-state index >= 15 is 0 Å². The second kappa shape index (κ2) is 10.3. The van der Waals surface area contributed by atoms with Crippen LogP contribution in [0.1, 0.15) is 111 Å². The first kappa shape index (κ1) is 20.4. The van der Waals surface area contributed by atoms with Gasteiger partial charge in [0.2, 0.25) is 0 Å². The molecule has 0 N–H and O–H groups in total. The second-order valence-corrected chi connectivity index (χ2v) is 10.2. The fraction of sp³-hybridized carbons (Fsp3) is 1.00. The van der Waals surface area contributed by atoms with Crippen molar-refractivity contribution in [1.82, 2.24) is 0 Å². The van der Waals surface area contributed by atoms with Gasteiger partial charge in [0.1, 0.15) is 7.85 Å². The molecule has 2 fully saturated rings. The van der Waals surface area contributed by atoms with E-state index in [1.54, 1.807) is 0 Å². The predicted molar refractivity (Wildman–Crippen MR) is 111 cm³/mol.